The second-order valence-electron chi connectivity index (χ2n) is 7.36. The molecule has 2 aliphatic rings. The second kappa shape index (κ2) is 7.82. The van der Waals surface area contributed by atoms with E-state index in [0.29, 0.717) is 11.1 Å². The van der Waals surface area contributed by atoms with Crippen LogP contribution in [0.2, 0.25) is 0 Å². The molecule has 1 saturated heterocycles. The lowest BCUT2D eigenvalue weighted by molar-refractivity contribution is -0.290. The Morgan fingerprint density at radius 2 is 1.63 bits per heavy atom. The van der Waals surface area contributed by atoms with Gasteiger partial charge in [0.05, 0.1) is 6.61 Å². The van der Waals surface area contributed by atoms with Crippen molar-refractivity contribution in [3.8, 4) is 28.7 Å². The number of rotatable bonds is 3. The van der Waals surface area contributed by atoms with Crippen molar-refractivity contribution in [2.75, 3.05) is 6.61 Å². The number of phenolic OH excluding ortho intramolecular Hbond substituents is 4. The Hall–Kier alpha value is -2.76. The molecule has 2 aliphatic heterocycles. The number of aliphatic hydroxyl groups is 3. The summed E-state index contributed by atoms with van der Waals surface area (Å²) in [5.74, 6) is -0.935. The van der Waals surface area contributed by atoms with Crippen LogP contribution in [0, 0.1) is 0 Å². The van der Waals surface area contributed by atoms with Crippen molar-refractivity contribution in [1.29, 1.82) is 0 Å². The van der Waals surface area contributed by atoms with Gasteiger partial charge in [-0.3, -0.25) is 0 Å². The maximum atomic E-state index is 10.2. The molecule has 4 rings (SSSR count). The largest absolute Gasteiger partial charge is 0.508 e. The Kier molecular flexibility index (Phi) is 5.35. The number of fused-ring (bicyclic) bond motifs is 1. The standard InChI is InChI=1S/C20H22O10/c21-9-4-12(23)10-6-16(30-20-18(27)17(26)14(25)7-28-20)19(29-15(10)5-9)8-1-2-11(22)13(24)3-8/h1-5,14,16-27H,6-7H2/t14-,16-,17-,18+,19+,20?/m0/s1. The maximum Gasteiger partial charge on any atom is 0.186 e. The predicted molar refractivity (Wildman–Crippen MR) is 99.2 cm³/mol. The normalized spacial score (nSPS) is 31.0. The summed E-state index contributed by atoms with van der Waals surface area (Å²) >= 11 is 0. The summed E-state index contributed by atoms with van der Waals surface area (Å²) in [6, 6.07) is 6.52. The van der Waals surface area contributed by atoms with E-state index in [0.717, 1.165) is 6.07 Å². The van der Waals surface area contributed by atoms with Gasteiger partial charge in [0.25, 0.3) is 0 Å². The smallest absolute Gasteiger partial charge is 0.186 e. The third kappa shape index (κ3) is 3.71. The van der Waals surface area contributed by atoms with E-state index in [-0.39, 0.29) is 41.8 Å². The van der Waals surface area contributed by atoms with Crippen molar-refractivity contribution in [3.63, 3.8) is 0 Å². The molecule has 30 heavy (non-hydrogen) atoms. The number of ether oxygens (including phenoxy) is 3. The van der Waals surface area contributed by atoms with Crippen LogP contribution in [0.25, 0.3) is 0 Å². The summed E-state index contributed by atoms with van der Waals surface area (Å²) in [6.45, 7) is -0.253. The summed E-state index contributed by atoms with van der Waals surface area (Å²) < 4.78 is 17.1. The molecule has 0 radical (unpaired) electrons. The van der Waals surface area contributed by atoms with Crippen LogP contribution in [0.1, 0.15) is 17.2 Å². The predicted octanol–water partition coefficient (Wildman–Crippen LogP) is 0.00940. The van der Waals surface area contributed by atoms with E-state index in [1.807, 2.05) is 0 Å². The van der Waals surface area contributed by atoms with Crippen LogP contribution >= 0.6 is 0 Å². The molecule has 2 heterocycles. The third-order valence-electron chi connectivity index (χ3n) is 5.26. The van der Waals surface area contributed by atoms with Gasteiger partial charge in [-0.1, -0.05) is 6.07 Å². The van der Waals surface area contributed by atoms with Crippen molar-refractivity contribution < 1.29 is 50.0 Å². The zero-order chi connectivity index (χ0) is 21.6. The molecule has 0 amide bonds. The molecular formula is C20H22O10. The van der Waals surface area contributed by atoms with Crippen molar-refractivity contribution >= 4 is 0 Å². The summed E-state index contributed by atoms with van der Waals surface area (Å²) in [5.41, 5.74) is 0.762. The third-order valence-corrected chi connectivity index (χ3v) is 5.26. The van der Waals surface area contributed by atoms with E-state index in [2.05, 4.69) is 0 Å². The molecule has 0 bridgehead atoms. The Labute approximate surface area is 170 Å². The molecule has 1 unspecified atom stereocenters. The zero-order valence-corrected chi connectivity index (χ0v) is 15.6. The minimum absolute atomic E-state index is 0.0823. The van der Waals surface area contributed by atoms with E-state index < -0.39 is 36.8 Å². The molecule has 0 spiro atoms. The van der Waals surface area contributed by atoms with E-state index in [1.165, 1.54) is 24.3 Å². The Bertz CT molecular complexity index is 932. The van der Waals surface area contributed by atoms with E-state index >= 15 is 0 Å². The highest BCUT2D eigenvalue weighted by atomic mass is 16.7. The van der Waals surface area contributed by atoms with Crippen LogP contribution in [0.4, 0.5) is 0 Å². The van der Waals surface area contributed by atoms with Gasteiger partial charge in [-0.2, -0.15) is 0 Å². The van der Waals surface area contributed by atoms with Crippen molar-refractivity contribution in [2.45, 2.75) is 43.2 Å². The fourth-order valence-corrected chi connectivity index (χ4v) is 3.64. The quantitative estimate of drug-likeness (QED) is 0.334. The number of aliphatic hydroxyl groups excluding tert-OH is 3. The molecule has 0 saturated carbocycles. The average molecular weight is 422 g/mol. The van der Waals surface area contributed by atoms with Crippen LogP contribution in [0.3, 0.4) is 0 Å². The van der Waals surface area contributed by atoms with E-state index in [4.69, 9.17) is 14.2 Å². The number of benzene rings is 2. The van der Waals surface area contributed by atoms with Crippen molar-refractivity contribution in [2.24, 2.45) is 0 Å². The number of phenols is 4. The maximum absolute atomic E-state index is 10.2. The van der Waals surface area contributed by atoms with Gasteiger partial charge in [0.2, 0.25) is 0 Å². The topological polar surface area (TPSA) is 169 Å². The monoisotopic (exact) mass is 422 g/mol. The SMILES string of the molecule is Oc1cc(O)c2c(c1)O[C@H](c1ccc(O)c(O)c1)[C@@H](OC1OC[C@H](O)[C@H](O)[C@H]1O)C2. The van der Waals surface area contributed by atoms with Gasteiger partial charge in [0.1, 0.15) is 41.7 Å². The second-order valence-corrected chi connectivity index (χ2v) is 7.36. The molecule has 0 aromatic heterocycles. The lowest BCUT2D eigenvalue weighted by Crippen LogP contribution is -2.55. The van der Waals surface area contributed by atoms with Gasteiger partial charge in [0.15, 0.2) is 23.9 Å². The summed E-state index contributed by atoms with van der Waals surface area (Å²) in [4.78, 5) is 0. The highest BCUT2D eigenvalue weighted by molar-refractivity contribution is 5.52. The first-order chi connectivity index (χ1) is 14.2. The molecule has 0 aliphatic carbocycles. The molecule has 7 N–H and O–H groups in total. The molecule has 6 atom stereocenters. The lowest BCUT2D eigenvalue weighted by atomic mass is 9.93. The van der Waals surface area contributed by atoms with E-state index in [9.17, 15) is 35.7 Å². The van der Waals surface area contributed by atoms with Gasteiger partial charge in [0, 0.05) is 24.1 Å². The highest BCUT2D eigenvalue weighted by Crippen LogP contribution is 2.44. The average Bonchev–Trinajstić information content (AvgIpc) is 2.70. The highest BCUT2D eigenvalue weighted by Gasteiger charge is 2.43. The summed E-state index contributed by atoms with van der Waals surface area (Å²) in [7, 11) is 0. The Balaban J connectivity index is 1.68. The van der Waals surface area contributed by atoms with Crippen molar-refractivity contribution in [3.05, 3.63) is 41.5 Å². The van der Waals surface area contributed by atoms with Crippen LogP contribution in [0.5, 0.6) is 28.7 Å². The first kappa shape index (κ1) is 20.5. The molecule has 1 fully saturated rings. The van der Waals surface area contributed by atoms with Crippen LogP contribution in [0.15, 0.2) is 30.3 Å². The molecule has 10 heteroatoms. The summed E-state index contributed by atoms with van der Waals surface area (Å²) in [5, 5.41) is 69.2. The molecule has 2 aromatic carbocycles. The van der Waals surface area contributed by atoms with E-state index in [1.54, 1.807) is 0 Å². The fourth-order valence-electron chi connectivity index (χ4n) is 3.64. The van der Waals surface area contributed by atoms with Gasteiger partial charge in [-0.05, 0) is 17.7 Å². The fraction of sp³-hybridized carbons (Fsp3) is 0.400. The van der Waals surface area contributed by atoms with Crippen LogP contribution < -0.4 is 4.74 Å². The van der Waals surface area contributed by atoms with Crippen LogP contribution in [-0.4, -0.2) is 73.1 Å². The molecule has 2 aromatic rings. The van der Waals surface area contributed by atoms with Gasteiger partial charge in [-0.25, -0.2) is 0 Å². The Morgan fingerprint density at radius 3 is 2.37 bits per heavy atom. The minimum atomic E-state index is -1.53. The molecule has 162 valence electrons. The van der Waals surface area contributed by atoms with Crippen molar-refractivity contribution in [1.82, 2.24) is 0 Å². The van der Waals surface area contributed by atoms with Gasteiger partial charge < -0.3 is 50.0 Å². The lowest BCUT2D eigenvalue weighted by Gasteiger charge is -2.40. The van der Waals surface area contributed by atoms with Gasteiger partial charge >= 0.3 is 0 Å². The van der Waals surface area contributed by atoms with Gasteiger partial charge in [-0.15, -0.1) is 0 Å². The molecular weight excluding hydrogens is 400 g/mol. The number of hydrogen-bond donors (Lipinski definition) is 7. The zero-order valence-electron chi connectivity index (χ0n) is 15.6. The first-order valence-electron chi connectivity index (χ1n) is 9.29. The first-order valence-corrected chi connectivity index (χ1v) is 9.29. The minimum Gasteiger partial charge on any atom is -0.508 e. The molecule has 10 nitrogen and oxygen atoms in total. The summed E-state index contributed by atoms with van der Waals surface area (Å²) in [6.07, 6.45) is -7.21. The van der Waals surface area contributed by atoms with Crippen LogP contribution in [-0.2, 0) is 15.9 Å². The number of hydrogen-bond acceptors (Lipinski definition) is 10. The number of aromatic hydroxyl groups is 4. The Morgan fingerprint density at radius 1 is 0.867 bits per heavy atom.